The van der Waals surface area contributed by atoms with Crippen molar-refractivity contribution in [2.45, 2.75) is 63.1 Å². The van der Waals surface area contributed by atoms with Crippen molar-refractivity contribution >= 4 is 40.7 Å². The predicted molar refractivity (Wildman–Crippen MR) is 124 cm³/mol. The van der Waals surface area contributed by atoms with Crippen LogP contribution in [-0.2, 0) is 28.6 Å². The molecule has 0 bridgehead atoms. The number of fused-ring (bicyclic) bond motifs is 5. The summed E-state index contributed by atoms with van der Waals surface area (Å²) < 4.78 is 15.6. The number of hydrogen-bond donors (Lipinski definition) is 0. The number of ketones is 2. The van der Waals surface area contributed by atoms with Crippen LogP contribution in [0.5, 0.6) is 0 Å². The van der Waals surface area contributed by atoms with Gasteiger partial charge in [0, 0.05) is 25.4 Å². The normalized spacial score (nSPS) is 41.8. The Labute approximate surface area is 205 Å². The van der Waals surface area contributed by atoms with Crippen LogP contribution in [-0.4, -0.2) is 48.3 Å². The molecule has 0 aliphatic heterocycles. The third-order valence-electron chi connectivity index (χ3n) is 8.80. The van der Waals surface area contributed by atoms with Crippen LogP contribution in [0.3, 0.4) is 0 Å². The maximum Gasteiger partial charge on any atom is 0.303 e. The van der Waals surface area contributed by atoms with E-state index in [-0.39, 0.29) is 53.9 Å². The van der Waals surface area contributed by atoms with Crippen LogP contribution in [0.1, 0.15) is 52.9 Å². The zero-order chi connectivity index (χ0) is 24.2. The number of carbonyl (C=O) groups excluding carboxylic acids is 3. The summed E-state index contributed by atoms with van der Waals surface area (Å²) in [6, 6.07) is 0. The Morgan fingerprint density at radius 3 is 2.58 bits per heavy atom. The van der Waals surface area contributed by atoms with Crippen LogP contribution < -0.4 is 0 Å². The third-order valence-corrected chi connectivity index (χ3v) is 10.4. The Bertz CT molecular complexity index is 928. The van der Waals surface area contributed by atoms with E-state index >= 15 is 0 Å². The summed E-state index contributed by atoms with van der Waals surface area (Å²) in [5.74, 6) is -0.360. The number of ether oxygens (including phenoxy) is 3. The van der Waals surface area contributed by atoms with Gasteiger partial charge in [0.2, 0.25) is 5.78 Å². The van der Waals surface area contributed by atoms with Gasteiger partial charge in [0.15, 0.2) is 18.3 Å². The van der Waals surface area contributed by atoms with E-state index in [1.54, 1.807) is 6.08 Å². The highest BCUT2D eigenvalue weighted by Crippen LogP contribution is 2.70. The largest absolute Gasteiger partial charge is 0.464 e. The molecule has 182 valence electrons. The molecule has 4 rings (SSSR count). The lowest BCUT2D eigenvalue weighted by Crippen LogP contribution is -2.65. The van der Waals surface area contributed by atoms with Crippen molar-refractivity contribution in [2.24, 2.45) is 28.6 Å². The molecule has 4 aliphatic rings. The first-order chi connectivity index (χ1) is 15.5. The highest BCUT2D eigenvalue weighted by atomic mass is 35.5. The first-order valence-corrected chi connectivity index (χ1v) is 12.4. The molecule has 3 saturated carbocycles. The van der Waals surface area contributed by atoms with E-state index in [2.05, 4.69) is 13.8 Å². The molecule has 8 heteroatoms. The van der Waals surface area contributed by atoms with Gasteiger partial charge in [-0.3, -0.25) is 14.4 Å². The lowest BCUT2D eigenvalue weighted by Gasteiger charge is -2.63. The van der Waals surface area contributed by atoms with Crippen molar-refractivity contribution < 1.29 is 28.6 Å². The monoisotopic (exact) mass is 498 g/mol. The molecular formula is C25H32Cl2O6. The third kappa shape index (κ3) is 3.68. The fraction of sp³-hybridized carbons (Fsp3) is 0.720. The van der Waals surface area contributed by atoms with E-state index in [9.17, 15) is 14.4 Å². The number of methoxy groups -OCH3 is 1. The van der Waals surface area contributed by atoms with Crippen molar-refractivity contribution in [1.29, 1.82) is 0 Å². The number of Topliss-reactive ketones (excluding diaryl/α,β-unsaturated/α-hetero) is 1. The summed E-state index contributed by atoms with van der Waals surface area (Å²) in [5, 5.41) is -0.422. The van der Waals surface area contributed by atoms with Crippen molar-refractivity contribution in [2.75, 3.05) is 20.5 Å². The highest BCUT2D eigenvalue weighted by molar-refractivity contribution is 6.34. The molecule has 7 atom stereocenters. The summed E-state index contributed by atoms with van der Waals surface area (Å²) in [7, 11) is 1.51. The second-order valence-corrected chi connectivity index (χ2v) is 11.5. The smallest absolute Gasteiger partial charge is 0.303 e. The van der Waals surface area contributed by atoms with Gasteiger partial charge in [0.1, 0.15) is 6.61 Å². The molecule has 6 nitrogen and oxygen atoms in total. The zero-order valence-corrected chi connectivity index (χ0v) is 21.1. The minimum atomic E-state index is -0.820. The number of halogens is 2. The maximum absolute atomic E-state index is 13.0. The lowest BCUT2D eigenvalue weighted by atomic mass is 9.47. The SMILES string of the molecule is COCOC1=C[C@@]2(C)C(=CC1=O)CC[C@H]1[C@@H]3CC[C@H](C(=O)COC(C)=O)[C@@]3(C)C[C@H](Cl)[C@@]12Cl. The van der Waals surface area contributed by atoms with Gasteiger partial charge in [0.05, 0.1) is 10.3 Å². The molecule has 0 unspecified atom stereocenters. The second-order valence-electron chi connectivity index (χ2n) is 10.4. The van der Waals surface area contributed by atoms with Gasteiger partial charge in [-0.15, -0.1) is 23.2 Å². The Balaban J connectivity index is 1.68. The van der Waals surface area contributed by atoms with Gasteiger partial charge in [-0.25, -0.2) is 0 Å². The van der Waals surface area contributed by atoms with Crippen molar-refractivity contribution in [3.05, 3.63) is 23.5 Å². The lowest BCUT2D eigenvalue weighted by molar-refractivity contribution is -0.148. The van der Waals surface area contributed by atoms with Crippen LogP contribution in [0.25, 0.3) is 0 Å². The molecule has 0 amide bonds. The molecule has 0 spiro atoms. The van der Waals surface area contributed by atoms with Crippen LogP contribution in [0.2, 0.25) is 0 Å². The molecule has 0 aromatic heterocycles. The Kier molecular flexibility index (Phi) is 6.52. The molecule has 4 aliphatic carbocycles. The summed E-state index contributed by atoms with van der Waals surface area (Å²) in [6.45, 7) is 5.30. The molecule has 0 heterocycles. The van der Waals surface area contributed by atoms with Crippen molar-refractivity contribution in [3.63, 3.8) is 0 Å². The number of hydrogen-bond acceptors (Lipinski definition) is 6. The molecule has 33 heavy (non-hydrogen) atoms. The van der Waals surface area contributed by atoms with Gasteiger partial charge in [0.25, 0.3) is 0 Å². The van der Waals surface area contributed by atoms with Gasteiger partial charge in [-0.2, -0.15) is 0 Å². The van der Waals surface area contributed by atoms with E-state index in [0.29, 0.717) is 6.42 Å². The van der Waals surface area contributed by atoms with Gasteiger partial charge < -0.3 is 14.2 Å². The maximum atomic E-state index is 13.0. The topological polar surface area (TPSA) is 78.9 Å². The van der Waals surface area contributed by atoms with Gasteiger partial charge >= 0.3 is 5.97 Å². The molecular weight excluding hydrogens is 467 g/mol. The zero-order valence-electron chi connectivity index (χ0n) is 19.6. The fourth-order valence-corrected chi connectivity index (χ4v) is 8.48. The van der Waals surface area contributed by atoms with Crippen LogP contribution in [0.15, 0.2) is 23.5 Å². The molecule has 0 aromatic rings. The Morgan fingerprint density at radius 2 is 1.91 bits per heavy atom. The molecule has 0 aromatic carbocycles. The minimum Gasteiger partial charge on any atom is -0.464 e. The van der Waals surface area contributed by atoms with Crippen LogP contribution >= 0.6 is 23.2 Å². The Hall–Kier alpha value is -1.37. The van der Waals surface area contributed by atoms with Crippen LogP contribution in [0.4, 0.5) is 0 Å². The molecule has 0 N–H and O–H groups in total. The first-order valence-electron chi connectivity index (χ1n) is 11.6. The number of esters is 1. The average molecular weight is 499 g/mol. The summed E-state index contributed by atoms with van der Waals surface area (Å²) in [4.78, 5) is 36.0. The van der Waals surface area contributed by atoms with E-state index < -0.39 is 21.6 Å². The number of alkyl halides is 2. The number of rotatable bonds is 6. The van der Waals surface area contributed by atoms with Crippen molar-refractivity contribution in [1.82, 2.24) is 0 Å². The number of allylic oxidation sites excluding steroid dienone is 3. The minimum absolute atomic E-state index is 0.0212. The predicted octanol–water partition coefficient (Wildman–Crippen LogP) is 4.57. The molecule has 0 radical (unpaired) electrons. The summed E-state index contributed by atoms with van der Waals surface area (Å²) in [6.07, 6.45) is 7.26. The molecule has 3 fully saturated rings. The summed E-state index contributed by atoms with van der Waals surface area (Å²) in [5.41, 5.74) is 0.0221. The van der Waals surface area contributed by atoms with E-state index in [0.717, 1.165) is 31.3 Å². The van der Waals surface area contributed by atoms with Gasteiger partial charge in [-0.05, 0) is 61.5 Å². The quantitative estimate of drug-likeness (QED) is 0.303. The van der Waals surface area contributed by atoms with Crippen LogP contribution in [0, 0.1) is 28.6 Å². The van der Waals surface area contributed by atoms with E-state index in [1.807, 2.05) is 6.08 Å². The number of carbonyl (C=O) groups is 3. The highest BCUT2D eigenvalue weighted by Gasteiger charge is 2.69. The summed E-state index contributed by atoms with van der Waals surface area (Å²) >= 11 is 14.7. The molecule has 0 saturated heterocycles. The standard InChI is InChI=1S/C25H32Cl2O6/c1-14(28)32-12-20(30)18-8-7-16-17-6-5-15-9-19(29)21(33-13-31-4)10-24(15,3)25(17,27)22(26)11-23(16,18)2/h9-10,16-18,22H,5-8,11-13H2,1-4H3/t16-,17-,18+,22-,23-,24-,25-/m0/s1. The van der Waals surface area contributed by atoms with E-state index in [4.69, 9.17) is 37.4 Å². The van der Waals surface area contributed by atoms with E-state index in [1.165, 1.54) is 14.0 Å². The fourth-order valence-electron chi connectivity index (χ4n) is 7.24. The van der Waals surface area contributed by atoms with Crippen molar-refractivity contribution in [3.8, 4) is 0 Å². The first kappa shape index (κ1) is 24.7. The van der Waals surface area contributed by atoms with Gasteiger partial charge in [-0.1, -0.05) is 19.4 Å². The second kappa shape index (κ2) is 8.69. The average Bonchev–Trinajstić information content (AvgIpc) is 3.08. The Morgan fingerprint density at radius 1 is 1.18 bits per heavy atom.